The number of carbonyl (C=O) groups excluding carboxylic acids is 1. The van der Waals surface area contributed by atoms with Crippen molar-refractivity contribution >= 4 is 23.1 Å². The van der Waals surface area contributed by atoms with Gasteiger partial charge in [0.15, 0.2) is 0 Å². The van der Waals surface area contributed by atoms with Gasteiger partial charge in [0.2, 0.25) is 5.91 Å². The molecule has 1 amide bonds. The Balaban J connectivity index is 2.70. The van der Waals surface area contributed by atoms with E-state index in [1.54, 1.807) is 0 Å². The SMILES string of the molecule is CCC(C)C(C)NC(=O)C1(C(N)=S)CCCC1. The maximum absolute atomic E-state index is 12.4. The number of amides is 1. The number of hydrogen-bond acceptors (Lipinski definition) is 2. The van der Waals surface area contributed by atoms with E-state index in [-0.39, 0.29) is 11.9 Å². The molecule has 1 aliphatic carbocycles. The number of thiocarbonyl (C=S) groups is 1. The minimum Gasteiger partial charge on any atom is -0.392 e. The molecule has 0 aromatic carbocycles. The molecule has 0 aromatic heterocycles. The normalized spacial score (nSPS) is 21.8. The van der Waals surface area contributed by atoms with Crippen molar-refractivity contribution in [2.45, 2.75) is 58.9 Å². The van der Waals surface area contributed by atoms with Crippen LogP contribution in [0.4, 0.5) is 0 Å². The summed E-state index contributed by atoms with van der Waals surface area (Å²) in [5.41, 5.74) is 5.22. The highest BCUT2D eigenvalue weighted by Gasteiger charge is 2.44. The fourth-order valence-corrected chi connectivity index (χ4v) is 2.70. The van der Waals surface area contributed by atoms with Gasteiger partial charge in [-0.15, -0.1) is 0 Å². The van der Waals surface area contributed by atoms with Crippen molar-refractivity contribution in [2.75, 3.05) is 0 Å². The Morgan fingerprint density at radius 2 is 1.94 bits per heavy atom. The van der Waals surface area contributed by atoms with E-state index in [0.717, 1.165) is 32.1 Å². The van der Waals surface area contributed by atoms with E-state index >= 15 is 0 Å². The minimum atomic E-state index is -0.572. The van der Waals surface area contributed by atoms with Crippen LogP contribution in [0.15, 0.2) is 0 Å². The lowest BCUT2D eigenvalue weighted by Crippen LogP contribution is -2.50. The van der Waals surface area contributed by atoms with Crippen molar-refractivity contribution in [1.29, 1.82) is 0 Å². The lowest BCUT2D eigenvalue weighted by Gasteiger charge is -2.30. The highest BCUT2D eigenvalue weighted by molar-refractivity contribution is 7.80. The standard InChI is InChI=1S/C13H24N2OS/c1-4-9(2)10(3)15-12(16)13(11(14)17)7-5-6-8-13/h9-10H,4-8H2,1-3H3,(H2,14,17)(H,15,16). The smallest absolute Gasteiger partial charge is 0.233 e. The fourth-order valence-electron chi connectivity index (χ4n) is 2.40. The van der Waals surface area contributed by atoms with Gasteiger partial charge in [0.25, 0.3) is 0 Å². The monoisotopic (exact) mass is 256 g/mol. The zero-order valence-corrected chi connectivity index (χ0v) is 11.9. The fraction of sp³-hybridized carbons (Fsp3) is 0.846. The lowest BCUT2D eigenvalue weighted by molar-refractivity contribution is -0.128. The molecule has 98 valence electrons. The summed E-state index contributed by atoms with van der Waals surface area (Å²) in [6, 6.07) is 0.180. The number of nitrogens with two attached hydrogens (primary N) is 1. The molecule has 2 unspecified atom stereocenters. The molecular weight excluding hydrogens is 232 g/mol. The first-order valence-electron chi connectivity index (χ1n) is 6.55. The third kappa shape index (κ3) is 2.97. The maximum atomic E-state index is 12.4. The predicted molar refractivity (Wildman–Crippen MR) is 74.7 cm³/mol. The summed E-state index contributed by atoms with van der Waals surface area (Å²) in [6.07, 6.45) is 4.76. The van der Waals surface area contributed by atoms with Crippen LogP contribution >= 0.6 is 12.2 Å². The summed E-state index contributed by atoms with van der Waals surface area (Å²) in [4.78, 5) is 12.7. The Morgan fingerprint density at radius 3 is 2.35 bits per heavy atom. The average Bonchev–Trinajstić information content (AvgIpc) is 2.77. The summed E-state index contributed by atoms with van der Waals surface area (Å²) in [5.74, 6) is 0.513. The summed E-state index contributed by atoms with van der Waals surface area (Å²) < 4.78 is 0. The average molecular weight is 256 g/mol. The third-order valence-corrected chi connectivity index (χ3v) is 4.61. The molecule has 0 radical (unpaired) electrons. The highest BCUT2D eigenvalue weighted by Crippen LogP contribution is 2.38. The second-order valence-electron chi connectivity index (χ2n) is 5.30. The topological polar surface area (TPSA) is 55.1 Å². The summed E-state index contributed by atoms with van der Waals surface area (Å²) in [7, 11) is 0. The van der Waals surface area contributed by atoms with Gasteiger partial charge in [-0.25, -0.2) is 0 Å². The van der Waals surface area contributed by atoms with Gasteiger partial charge >= 0.3 is 0 Å². The van der Waals surface area contributed by atoms with E-state index in [1.165, 1.54) is 0 Å². The molecule has 0 spiro atoms. The summed E-state index contributed by atoms with van der Waals surface area (Å²) in [5, 5.41) is 3.09. The van der Waals surface area contributed by atoms with Gasteiger partial charge in [0.05, 0.1) is 10.4 Å². The molecule has 0 bridgehead atoms. The molecule has 1 aliphatic rings. The third-order valence-electron chi connectivity index (χ3n) is 4.22. The Labute approximate surface area is 110 Å². The Kier molecular flexibility index (Phi) is 4.92. The van der Waals surface area contributed by atoms with E-state index in [1.807, 2.05) is 6.92 Å². The lowest BCUT2D eigenvalue weighted by atomic mass is 9.84. The first kappa shape index (κ1) is 14.4. The van der Waals surface area contributed by atoms with Crippen molar-refractivity contribution in [1.82, 2.24) is 5.32 Å². The van der Waals surface area contributed by atoms with Crippen LogP contribution in [-0.2, 0) is 4.79 Å². The van der Waals surface area contributed by atoms with Crippen molar-refractivity contribution in [3.05, 3.63) is 0 Å². The number of rotatable bonds is 5. The van der Waals surface area contributed by atoms with E-state index < -0.39 is 5.41 Å². The van der Waals surface area contributed by atoms with Crippen LogP contribution in [0.25, 0.3) is 0 Å². The van der Waals surface area contributed by atoms with E-state index in [2.05, 4.69) is 19.2 Å². The summed E-state index contributed by atoms with van der Waals surface area (Å²) in [6.45, 7) is 6.33. The van der Waals surface area contributed by atoms with Crippen LogP contribution in [0.1, 0.15) is 52.9 Å². The molecule has 1 fully saturated rings. The van der Waals surface area contributed by atoms with Gasteiger partial charge in [-0.3, -0.25) is 4.79 Å². The van der Waals surface area contributed by atoms with E-state index in [0.29, 0.717) is 10.9 Å². The molecular formula is C13H24N2OS. The minimum absolute atomic E-state index is 0.0373. The van der Waals surface area contributed by atoms with E-state index in [9.17, 15) is 4.79 Å². The van der Waals surface area contributed by atoms with Crippen molar-refractivity contribution in [2.24, 2.45) is 17.1 Å². The Morgan fingerprint density at radius 1 is 1.41 bits per heavy atom. The number of hydrogen-bond donors (Lipinski definition) is 2. The highest BCUT2D eigenvalue weighted by atomic mass is 32.1. The Hall–Kier alpha value is -0.640. The molecule has 0 aromatic rings. The predicted octanol–water partition coefficient (Wildman–Crippen LogP) is 2.38. The molecule has 0 saturated heterocycles. The molecule has 2 atom stereocenters. The zero-order chi connectivity index (χ0) is 13.1. The number of carbonyl (C=O) groups is 1. The van der Waals surface area contributed by atoms with Crippen LogP contribution in [0, 0.1) is 11.3 Å². The second kappa shape index (κ2) is 5.80. The largest absolute Gasteiger partial charge is 0.392 e. The van der Waals surface area contributed by atoms with Gasteiger partial charge < -0.3 is 11.1 Å². The first-order chi connectivity index (χ1) is 7.94. The molecule has 3 nitrogen and oxygen atoms in total. The van der Waals surface area contributed by atoms with Gasteiger partial charge in [-0.1, -0.05) is 45.3 Å². The zero-order valence-electron chi connectivity index (χ0n) is 11.1. The maximum Gasteiger partial charge on any atom is 0.233 e. The van der Waals surface area contributed by atoms with Crippen LogP contribution < -0.4 is 11.1 Å². The van der Waals surface area contributed by atoms with Gasteiger partial charge in [-0.2, -0.15) is 0 Å². The second-order valence-corrected chi connectivity index (χ2v) is 5.74. The molecule has 0 aliphatic heterocycles. The molecule has 3 N–H and O–H groups in total. The van der Waals surface area contributed by atoms with Crippen LogP contribution in [-0.4, -0.2) is 16.9 Å². The molecule has 17 heavy (non-hydrogen) atoms. The Bertz CT molecular complexity index is 298. The van der Waals surface area contributed by atoms with Gasteiger partial charge in [0, 0.05) is 6.04 Å². The van der Waals surface area contributed by atoms with Crippen molar-refractivity contribution in [3.8, 4) is 0 Å². The van der Waals surface area contributed by atoms with Gasteiger partial charge in [0.1, 0.15) is 0 Å². The first-order valence-corrected chi connectivity index (χ1v) is 6.95. The van der Waals surface area contributed by atoms with Crippen LogP contribution in [0.3, 0.4) is 0 Å². The molecule has 1 saturated carbocycles. The van der Waals surface area contributed by atoms with E-state index in [4.69, 9.17) is 18.0 Å². The quantitative estimate of drug-likeness (QED) is 0.743. The number of nitrogens with one attached hydrogen (secondary N) is 1. The molecule has 1 rings (SSSR count). The summed E-state index contributed by atoms with van der Waals surface area (Å²) >= 11 is 5.11. The van der Waals surface area contributed by atoms with Crippen molar-refractivity contribution in [3.63, 3.8) is 0 Å². The van der Waals surface area contributed by atoms with Crippen LogP contribution in [0.2, 0.25) is 0 Å². The van der Waals surface area contributed by atoms with Gasteiger partial charge in [-0.05, 0) is 25.7 Å². The van der Waals surface area contributed by atoms with Crippen molar-refractivity contribution < 1.29 is 4.79 Å². The van der Waals surface area contributed by atoms with Crippen LogP contribution in [0.5, 0.6) is 0 Å². The molecule has 4 heteroatoms. The molecule has 0 heterocycles.